The molecule has 0 spiro atoms. The van der Waals surface area contributed by atoms with Crippen molar-refractivity contribution in [2.75, 3.05) is 0 Å². The summed E-state index contributed by atoms with van der Waals surface area (Å²) in [5, 5.41) is 36.7. The summed E-state index contributed by atoms with van der Waals surface area (Å²) in [7, 11) is 0. The molecule has 5 aromatic rings. The zero-order valence-corrected chi connectivity index (χ0v) is 22.9. The number of hydrogen-bond acceptors (Lipinski definition) is 7. The minimum atomic E-state index is -1.29. The molecule has 0 saturated heterocycles. The molecule has 9 nitrogen and oxygen atoms in total. The highest BCUT2D eigenvalue weighted by atomic mass is 79.9. The molecule has 0 aliphatic heterocycles. The number of aliphatic hydroxyl groups is 1. The number of unbranched alkanes of at least 4 members (excludes halogenated alkanes) is 1. The number of aliphatic hydroxyl groups excluding tert-OH is 1. The number of aryl methyl sites for hydroxylation is 1. The number of aromatic nitrogens is 7. The van der Waals surface area contributed by atoms with Gasteiger partial charge in [-0.2, -0.15) is 5.21 Å². The molecule has 0 fully saturated rings. The lowest BCUT2D eigenvalue weighted by atomic mass is 9.97. The first-order valence-electron chi connectivity index (χ1n) is 12.2. The number of benzene rings is 2. The van der Waals surface area contributed by atoms with Crippen LogP contribution in [0.15, 0.2) is 65.3 Å². The van der Waals surface area contributed by atoms with Crippen molar-refractivity contribution in [1.82, 2.24) is 35.2 Å². The number of aromatic amines is 1. The number of halogens is 2. The molecule has 0 saturated carbocycles. The van der Waals surface area contributed by atoms with E-state index < -0.39 is 6.10 Å². The Kier molecular flexibility index (Phi) is 7.82. The second-order valence-electron chi connectivity index (χ2n) is 8.82. The van der Waals surface area contributed by atoms with Crippen LogP contribution in [0.2, 0.25) is 5.15 Å². The molecule has 3 heterocycles. The normalized spacial score (nSPS) is 12.1. The van der Waals surface area contributed by atoms with E-state index in [0.29, 0.717) is 29.1 Å². The molecule has 5 rings (SSSR count). The predicted octanol–water partition coefficient (Wildman–Crippen LogP) is 5.72. The second kappa shape index (κ2) is 11.4. The van der Waals surface area contributed by atoms with Crippen LogP contribution >= 0.6 is 27.5 Å². The Morgan fingerprint density at radius 2 is 1.87 bits per heavy atom. The molecule has 1 unspecified atom stereocenters. The molecule has 2 aromatic carbocycles. The van der Waals surface area contributed by atoms with Crippen molar-refractivity contribution in [3.8, 4) is 28.3 Å². The largest absolute Gasteiger partial charge is 0.506 e. The Bertz CT molecular complexity index is 1540. The third kappa shape index (κ3) is 5.33. The Hall–Kier alpha value is -3.60. The van der Waals surface area contributed by atoms with Crippen molar-refractivity contribution in [2.24, 2.45) is 0 Å². The Morgan fingerprint density at radius 3 is 2.61 bits per heavy atom. The highest BCUT2D eigenvalue weighted by Crippen LogP contribution is 2.35. The van der Waals surface area contributed by atoms with E-state index in [0.717, 1.165) is 40.9 Å². The van der Waals surface area contributed by atoms with Gasteiger partial charge < -0.3 is 14.8 Å². The van der Waals surface area contributed by atoms with Crippen LogP contribution in [0.1, 0.15) is 48.6 Å². The monoisotopic (exact) mass is 593 g/mol. The van der Waals surface area contributed by atoms with Crippen molar-refractivity contribution in [3.05, 3.63) is 93.2 Å². The van der Waals surface area contributed by atoms with Gasteiger partial charge in [-0.1, -0.05) is 67.4 Å². The Morgan fingerprint density at radius 1 is 1.05 bits per heavy atom. The summed E-state index contributed by atoms with van der Waals surface area (Å²) in [5.41, 5.74) is 4.20. The number of H-pyrrole nitrogens is 1. The van der Waals surface area contributed by atoms with Gasteiger partial charge >= 0.3 is 0 Å². The molecule has 38 heavy (non-hydrogen) atoms. The standard InChI is InChI=1S/C27H25BrClN7O2/c1-2-3-9-22-31-26(29)24(25(38)23-20(37)12-13-21(28)30-23)36(22)15-16-10-11-18(17-7-5-4-6-8-17)19(14-16)27-32-34-35-33-27/h4-8,10-14,25,37-38H,2-3,9,15H2,1H3,(H,32,33,34,35). The fourth-order valence-electron chi connectivity index (χ4n) is 4.42. The highest BCUT2D eigenvalue weighted by molar-refractivity contribution is 9.10. The van der Waals surface area contributed by atoms with E-state index in [1.807, 2.05) is 53.1 Å². The van der Waals surface area contributed by atoms with Crippen LogP contribution in [0, 0.1) is 0 Å². The lowest BCUT2D eigenvalue weighted by Gasteiger charge is -2.18. The molecule has 3 aromatic heterocycles. The summed E-state index contributed by atoms with van der Waals surface area (Å²) in [6.45, 7) is 2.48. The smallest absolute Gasteiger partial charge is 0.205 e. The predicted molar refractivity (Wildman–Crippen MR) is 148 cm³/mol. The minimum Gasteiger partial charge on any atom is -0.506 e. The van der Waals surface area contributed by atoms with Gasteiger partial charge in [0.2, 0.25) is 5.82 Å². The molecule has 194 valence electrons. The SMILES string of the molecule is CCCCc1nc(Cl)c(C(O)c2nc(Br)ccc2O)n1Cc1ccc(-c2ccccc2)c(-c2nn[nH]n2)c1. The van der Waals surface area contributed by atoms with Crippen LogP contribution in [0.5, 0.6) is 5.75 Å². The van der Waals surface area contributed by atoms with Crippen LogP contribution in [0.3, 0.4) is 0 Å². The van der Waals surface area contributed by atoms with E-state index in [2.05, 4.69) is 53.4 Å². The number of tetrazole rings is 1. The first kappa shape index (κ1) is 26.0. The van der Waals surface area contributed by atoms with Crippen LogP contribution in [-0.4, -0.2) is 45.4 Å². The Labute approximate surface area is 232 Å². The first-order chi connectivity index (χ1) is 18.5. The molecule has 11 heteroatoms. The van der Waals surface area contributed by atoms with Gasteiger partial charge in [0.25, 0.3) is 0 Å². The zero-order valence-electron chi connectivity index (χ0n) is 20.5. The number of nitrogens with one attached hydrogen (secondary N) is 1. The Balaban J connectivity index is 1.60. The van der Waals surface area contributed by atoms with Gasteiger partial charge in [-0.15, -0.1) is 10.2 Å². The lowest BCUT2D eigenvalue weighted by Crippen LogP contribution is -2.14. The van der Waals surface area contributed by atoms with Gasteiger partial charge in [-0.3, -0.25) is 0 Å². The van der Waals surface area contributed by atoms with Gasteiger partial charge in [0.15, 0.2) is 5.15 Å². The third-order valence-corrected chi connectivity index (χ3v) is 7.00. The van der Waals surface area contributed by atoms with Crippen molar-refractivity contribution in [3.63, 3.8) is 0 Å². The van der Waals surface area contributed by atoms with Gasteiger partial charge in [0, 0.05) is 18.5 Å². The maximum absolute atomic E-state index is 11.4. The summed E-state index contributed by atoms with van der Waals surface area (Å²) >= 11 is 9.92. The summed E-state index contributed by atoms with van der Waals surface area (Å²) < 4.78 is 2.39. The van der Waals surface area contributed by atoms with Gasteiger partial charge in [0.1, 0.15) is 28.0 Å². The van der Waals surface area contributed by atoms with Crippen LogP contribution in [0.4, 0.5) is 0 Å². The number of hydrogen-bond donors (Lipinski definition) is 3. The summed E-state index contributed by atoms with van der Waals surface area (Å²) in [6.07, 6.45) is 1.28. The fourth-order valence-corrected chi connectivity index (χ4v) is 5.05. The first-order valence-corrected chi connectivity index (χ1v) is 13.3. The van der Waals surface area contributed by atoms with Crippen LogP contribution in [0.25, 0.3) is 22.5 Å². The third-order valence-electron chi connectivity index (χ3n) is 6.28. The molecule has 3 N–H and O–H groups in total. The van der Waals surface area contributed by atoms with Crippen LogP contribution < -0.4 is 0 Å². The van der Waals surface area contributed by atoms with Crippen molar-refractivity contribution in [2.45, 2.75) is 38.8 Å². The lowest BCUT2D eigenvalue weighted by molar-refractivity contribution is 0.200. The molecule has 0 bridgehead atoms. The van der Waals surface area contributed by atoms with E-state index >= 15 is 0 Å². The van der Waals surface area contributed by atoms with E-state index in [-0.39, 0.29) is 16.6 Å². The minimum absolute atomic E-state index is 0.0939. The average molecular weight is 595 g/mol. The molecule has 0 aliphatic carbocycles. The maximum atomic E-state index is 11.4. The fraction of sp³-hybridized carbons (Fsp3) is 0.222. The van der Waals surface area contributed by atoms with Crippen molar-refractivity contribution in [1.29, 1.82) is 0 Å². The quantitative estimate of drug-likeness (QED) is 0.186. The van der Waals surface area contributed by atoms with E-state index in [1.165, 1.54) is 6.07 Å². The van der Waals surface area contributed by atoms with Crippen molar-refractivity contribution < 1.29 is 10.2 Å². The van der Waals surface area contributed by atoms with Gasteiger partial charge in [-0.25, -0.2) is 9.97 Å². The number of imidazole rings is 1. The topological polar surface area (TPSA) is 126 Å². The van der Waals surface area contributed by atoms with Crippen molar-refractivity contribution >= 4 is 27.5 Å². The summed E-state index contributed by atoms with van der Waals surface area (Å²) in [5.74, 6) is 1.09. The summed E-state index contributed by atoms with van der Waals surface area (Å²) in [4.78, 5) is 8.88. The molecule has 0 aliphatic rings. The molecule has 1 atom stereocenters. The van der Waals surface area contributed by atoms with E-state index in [1.54, 1.807) is 6.07 Å². The summed E-state index contributed by atoms with van der Waals surface area (Å²) in [6, 6.07) is 19.1. The maximum Gasteiger partial charge on any atom is 0.205 e. The number of aromatic hydroxyl groups is 1. The molecule has 0 radical (unpaired) electrons. The second-order valence-corrected chi connectivity index (χ2v) is 9.99. The van der Waals surface area contributed by atoms with Gasteiger partial charge in [-0.05, 0) is 62.5 Å². The van der Waals surface area contributed by atoms with E-state index in [4.69, 9.17) is 11.6 Å². The van der Waals surface area contributed by atoms with Crippen LogP contribution in [-0.2, 0) is 13.0 Å². The molecule has 0 amide bonds. The van der Waals surface area contributed by atoms with Gasteiger partial charge in [0.05, 0.1) is 5.69 Å². The number of nitrogens with zero attached hydrogens (tertiary/aromatic N) is 6. The van der Waals surface area contributed by atoms with E-state index in [9.17, 15) is 10.2 Å². The number of pyridine rings is 1. The highest BCUT2D eigenvalue weighted by Gasteiger charge is 2.27. The zero-order chi connectivity index (χ0) is 26.6. The average Bonchev–Trinajstić information content (AvgIpc) is 3.57. The molecular weight excluding hydrogens is 570 g/mol. The number of rotatable bonds is 9. The molecular formula is C27H25BrClN7O2.